The Morgan fingerprint density at radius 3 is 2.40 bits per heavy atom. The molecule has 1 unspecified atom stereocenters. The molecular formula is C23H30O7. The van der Waals surface area contributed by atoms with E-state index in [1.807, 2.05) is 43.3 Å². The standard InChI is InChI=1S/C23H30O7/c1-17(2)23(24)29-15-13-27-11-10-26-12-14-28-20-8-9-21-19(16-20)6-5-7-22(21)30-18(3)25-4/h5-9,16,18H,1,10-15H2,2-4H3. The van der Waals surface area contributed by atoms with Crippen molar-refractivity contribution in [1.82, 2.24) is 0 Å². The van der Waals surface area contributed by atoms with E-state index in [4.69, 9.17) is 28.4 Å². The summed E-state index contributed by atoms with van der Waals surface area (Å²) in [6.07, 6.45) is -0.320. The van der Waals surface area contributed by atoms with Gasteiger partial charge in [-0.1, -0.05) is 18.7 Å². The molecule has 0 amide bonds. The van der Waals surface area contributed by atoms with Gasteiger partial charge in [-0.2, -0.15) is 0 Å². The first-order chi connectivity index (χ1) is 14.5. The zero-order valence-electron chi connectivity index (χ0n) is 17.8. The zero-order chi connectivity index (χ0) is 21.8. The summed E-state index contributed by atoms with van der Waals surface area (Å²) >= 11 is 0. The summed E-state index contributed by atoms with van der Waals surface area (Å²) in [4.78, 5) is 11.2. The zero-order valence-corrected chi connectivity index (χ0v) is 17.8. The Morgan fingerprint density at radius 2 is 1.70 bits per heavy atom. The van der Waals surface area contributed by atoms with Crippen molar-refractivity contribution in [1.29, 1.82) is 0 Å². The van der Waals surface area contributed by atoms with E-state index in [1.54, 1.807) is 14.0 Å². The fraction of sp³-hybridized carbons (Fsp3) is 0.435. The van der Waals surface area contributed by atoms with Crippen LogP contribution in [0.1, 0.15) is 13.8 Å². The maximum atomic E-state index is 11.2. The van der Waals surface area contributed by atoms with Gasteiger partial charge in [-0.15, -0.1) is 0 Å². The molecule has 0 heterocycles. The molecule has 0 saturated heterocycles. The predicted octanol–water partition coefficient (Wildman–Crippen LogP) is 3.74. The summed E-state index contributed by atoms with van der Waals surface area (Å²) < 4.78 is 32.4. The Morgan fingerprint density at radius 1 is 1.00 bits per heavy atom. The fourth-order valence-electron chi connectivity index (χ4n) is 2.51. The number of hydrogen-bond donors (Lipinski definition) is 0. The Bertz CT molecular complexity index is 818. The van der Waals surface area contributed by atoms with Crippen LogP contribution in [0.2, 0.25) is 0 Å². The van der Waals surface area contributed by atoms with Crippen LogP contribution in [0.25, 0.3) is 10.8 Å². The molecule has 2 aromatic carbocycles. The molecule has 0 fully saturated rings. The Hall–Kier alpha value is -2.61. The number of carbonyl (C=O) groups is 1. The van der Waals surface area contributed by atoms with Crippen LogP contribution < -0.4 is 9.47 Å². The van der Waals surface area contributed by atoms with Gasteiger partial charge < -0.3 is 28.4 Å². The minimum atomic E-state index is -0.408. The summed E-state index contributed by atoms with van der Waals surface area (Å²) in [7, 11) is 1.61. The van der Waals surface area contributed by atoms with E-state index in [-0.39, 0.29) is 12.9 Å². The van der Waals surface area contributed by atoms with Gasteiger partial charge in [-0.3, -0.25) is 0 Å². The SMILES string of the molecule is C=C(C)C(=O)OCCOCCOCCOc1ccc2c(OC(C)OC)cccc2c1. The molecule has 30 heavy (non-hydrogen) atoms. The number of benzene rings is 2. The molecule has 0 saturated carbocycles. The number of hydrogen-bond acceptors (Lipinski definition) is 7. The van der Waals surface area contributed by atoms with E-state index in [9.17, 15) is 4.79 Å². The summed E-state index contributed by atoms with van der Waals surface area (Å²) in [6, 6.07) is 11.7. The first-order valence-corrected chi connectivity index (χ1v) is 9.84. The minimum absolute atomic E-state index is 0.202. The van der Waals surface area contributed by atoms with Gasteiger partial charge in [0.05, 0.1) is 26.4 Å². The van der Waals surface area contributed by atoms with Gasteiger partial charge in [0, 0.05) is 18.1 Å². The molecule has 164 valence electrons. The van der Waals surface area contributed by atoms with Gasteiger partial charge in [-0.25, -0.2) is 4.79 Å². The van der Waals surface area contributed by atoms with Gasteiger partial charge in [0.15, 0.2) is 6.29 Å². The molecule has 0 bridgehead atoms. The molecule has 2 aromatic rings. The molecule has 7 heteroatoms. The van der Waals surface area contributed by atoms with Crippen LogP contribution >= 0.6 is 0 Å². The first-order valence-electron chi connectivity index (χ1n) is 9.84. The average molecular weight is 418 g/mol. The van der Waals surface area contributed by atoms with Crippen LogP contribution in [0, 0.1) is 0 Å². The third-order valence-electron chi connectivity index (χ3n) is 4.11. The highest BCUT2D eigenvalue weighted by Gasteiger charge is 2.07. The summed E-state index contributed by atoms with van der Waals surface area (Å²) in [5, 5.41) is 2.02. The molecule has 0 aliphatic carbocycles. The smallest absolute Gasteiger partial charge is 0.333 e. The summed E-state index contributed by atoms with van der Waals surface area (Å²) in [5.41, 5.74) is 0.374. The second-order valence-corrected chi connectivity index (χ2v) is 6.55. The summed E-state index contributed by atoms with van der Waals surface area (Å²) in [6.45, 7) is 9.22. The van der Waals surface area contributed by atoms with E-state index in [2.05, 4.69) is 6.58 Å². The highest BCUT2D eigenvalue weighted by Crippen LogP contribution is 2.29. The van der Waals surface area contributed by atoms with Gasteiger partial charge in [0.2, 0.25) is 0 Å². The number of rotatable bonds is 14. The van der Waals surface area contributed by atoms with Crippen molar-refractivity contribution in [3.63, 3.8) is 0 Å². The molecular weight excluding hydrogens is 388 g/mol. The van der Waals surface area contributed by atoms with Crippen LogP contribution in [-0.2, 0) is 23.7 Å². The lowest BCUT2D eigenvalue weighted by Crippen LogP contribution is -2.14. The average Bonchev–Trinajstić information content (AvgIpc) is 2.74. The molecule has 1 atom stereocenters. The van der Waals surface area contributed by atoms with Crippen molar-refractivity contribution in [2.45, 2.75) is 20.1 Å². The minimum Gasteiger partial charge on any atom is -0.491 e. The van der Waals surface area contributed by atoms with Crippen molar-refractivity contribution < 1.29 is 33.2 Å². The second kappa shape index (κ2) is 12.8. The number of ether oxygens (including phenoxy) is 6. The third kappa shape index (κ3) is 8.02. The first kappa shape index (κ1) is 23.7. The van der Waals surface area contributed by atoms with Gasteiger partial charge in [0.25, 0.3) is 0 Å². The Balaban J connectivity index is 1.63. The monoisotopic (exact) mass is 418 g/mol. The molecule has 0 radical (unpaired) electrons. The molecule has 0 aromatic heterocycles. The lowest BCUT2D eigenvalue weighted by Gasteiger charge is -2.15. The number of methoxy groups -OCH3 is 1. The quantitative estimate of drug-likeness (QED) is 0.200. The third-order valence-corrected chi connectivity index (χ3v) is 4.11. The van der Waals surface area contributed by atoms with Crippen molar-refractivity contribution in [3.05, 3.63) is 48.6 Å². The predicted molar refractivity (Wildman–Crippen MR) is 114 cm³/mol. The van der Waals surface area contributed by atoms with Crippen molar-refractivity contribution >= 4 is 16.7 Å². The molecule has 7 nitrogen and oxygen atoms in total. The number of esters is 1. The maximum absolute atomic E-state index is 11.2. The number of carbonyl (C=O) groups excluding carboxylic acids is 1. The summed E-state index contributed by atoms with van der Waals surface area (Å²) in [5.74, 6) is 1.12. The van der Waals surface area contributed by atoms with Crippen molar-refractivity contribution in [3.8, 4) is 11.5 Å². The second-order valence-electron chi connectivity index (χ2n) is 6.55. The molecule has 0 N–H and O–H groups in total. The molecule has 0 aliphatic rings. The van der Waals surface area contributed by atoms with E-state index in [0.717, 1.165) is 22.3 Å². The highest BCUT2D eigenvalue weighted by atomic mass is 16.7. The highest BCUT2D eigenvalue weighted by molar-refractivity contribution is 5.89. The fourth-order valence-corrected chi connectivity index (χ4v) is 2.51. The van der Waals surface area contributed by atoms with E-state index >= 15 is 0 Å². The van der Waals surface area contributed by atoms with Crippen LogP contribution in [0.5, 0.6) is 11.5 Å². The normalized spacial score (nSPS) is 11.8. The Kier molecular flexibility index (Phi) is 10.1. The largest absolute Gasteiger partial charge is 0.491 e. The van der Waals surface area contributed by atoms with Crippen molar-refractivity contribution in [2.75, 3.05) is 46.8 Å². The van der Waals surface area contributed by atoms with Gasteiger partial charge in [-0.05, 0) is 43.5 Å². The lowest BCUT2D eigenvalue weighted by atomic mass is 10.1. The van der Waals surface area contributed by atoms with Crippen LogP contribution in [0.15, 0.2) is 48.6 Å². The van der Waals surface area contributed by atoms with Gasteiger partial charge in [0.1, 0.15) is 24.7 Å². The topological polar surface area (TPSA) is 72.5 Å². The molecule has 0 aliphatic heterocycles. The molecule has 0 spiro atoms. The lowest BCUT2D eigenvalue weighted by molar-refractivity contribution is -0.140. The Labute approximate surface area is 177 Å². The van der Waals surface area contributed by atoms with E-state index in [0.29, 0.717) is 38.6 Å². The maximum Gasteiger partial charge on any atom is 0.333 e. The number of fused-ring (bicyclic) bond motifs is 1. The van der Waals surface area contributed by atoms with Crippen LogP contribution in [0.4, 0.5) is 0 Å². The van der Waals surface area contributed by atoms with E-state index < -0.39 is 5.97 Å². The van der Waals surface area contributed by atoms with E-state index in [1.165, 1.54) is 0 Å². The molecule has 2 rings (SSSR count). The van der Waals surface area contributed by atoms with Crippen LogP contribution in [0.3, 0.4) is 0 Å². The van der Waals surface area contributed by atoms with Gasteiger partial charge >= 0.3 is 5.97 Å². The van der Waals surface area contributed by atoms with Crippen molar-refractivity contribution in [2.24, 2.45) is 0 Å². The van der Waals surface area contributed by atoms with Crippen LogP contribution in [-0.4, -0.2) is 59.0 Å².